The van der Waals surface area contributed by atoms with E-state index in [1.54, 1.807) is 7.11 Å². The van der Waals surface area contributed by atoms with Gasteiger partial charge in [0.25, 0.3) is 0 Å². The molecule has 0 radical (unpaired) electrons. The van der Waals surface area contributed by atoms with Crippen LogP contribution in [0.25, 0.3) is 0 Å². The van der Waals surface area contributed by atoms with Crippen LogP contribution in [-0.4, -0.2) is 21.4 Å². The highest BCUT2D eigenvalue weighted by Crippen LogP contribution is 2.37. The normalized spacial score (nSPS) is 13.8. The van der Waals surface area contributed by atoms with E-state index in [-0.39, 0.29) is 0 Å². The Hall–Kier alpha value is -4.61. The zero-order valence-electron chi connectivity index (χ0n) is 20.4. The molecule has 0 saturated heterocycles. The Morgan fingerprint density at radius 1 is 0.595 bits per heavy atom. The second-order valence-electron chi connectivity index (χ2n) is 8.71. The van der Waals surface area contributed by atoms with E-state index >= 15 is 0 Å². The summed E-state index contributed by atoms with van der Waals surface area (Å²) >= 11 is 0. The summed E-state index contributed by atoms with van der Waals surface area (Å²) in [5.41, 5.74) is 3.41. The van der Waals surface area contributed by atoms with Gasteiger partial charge in [-0.15, -0.1) is 0 Å². The highest BCUT2D eigenvalue weighted by molar-refractivity contribution is 6.93. The number of methoxy groups -OCH3 is 1. The van der Waals surface area contributed by atoms with Crippen molar-refractivity contribution >= 4 is 30.3 Å². The molecular weight excluding hydrogens is 474 g/mol. The van der Waals surface area contributed by atoms with E-state index in [1.807, 2.05) is 97.1 Å². The van der Waals surface area contributed by atoms with Crippen LogP contribution in [0.15, 0.2) is 138 Å². The van der Waals surface area contributed by atoms with Gasteiger partial charge in [-0.2, -0.15) is 0 Å². The molecule has 1 aliphatic heterocycles. The van der Waals surface area contributed by atoms with Gasteiger partial charge in [-0.25, -0.2) is 4.99 Å². The van der Waals surface area contributed by atoms with E-state index < -0.39 is 8.56 Å². The summed E-state index contributed by atoms with van der Waals surface area (Å²) in [6.45, 7) is 0. The number of nitrogens with zero attached hydrogens (tertiary/aromatic N) is 1. The molecule has 0 aromatic heterocycles. The fourth-order valence-electron chi connectivity index (χ4n) is 4.59. The van der Waals surface area contributed by atoms with Crippen LogP contribution in [0.4, 0.5) is 5.69 Å². The first-order valence-electron chi connectivity index (χ1n) is 12.2. The van der Waals surface area contributed by atoms with Crippen LogP contribution < -0.4 is 24.0 Å². The number of hydrogen-bond acceptors (Lipinski definition) is 4. The van der Waals surface area contributed by atoms with Gasteiger partial charge in [-0.05, 0) is 24.3 Å². The number of aliphatic imine (C=N–C) groups is 1. The summed E-state index contributed by atoms with van der Waals surface area (Å²) in [5, 5.41) is 1.99. The van der Waals surface area contributed by atoms with Gasteiger partial charge >= 0.3 is 8.56 Å². The quantitative estimate of drug-likeness (QED) is 0.290. The highest BCUT2D eigenvalue weighted by Gasteiger charge is 2.49. The monoisotopic (exact) mass is 499 g/mol. The standard InChI is InChI=1S/C32H25NO3Si/c1-34-25-21-22-28-31(23-25)36-37(26-15-7-3-8-16-26,27-17-9-4-10-18-27)35-30-20-12-11-19-29(30)33-32(28)24-13-5-2-6-14-24/h2-23H,1H3. The molecular formula is C32H25NO3Si. The van der Waals surface area contributed by atoms with Crippen molar-refractivity contribution in [1.82, 2.24) is 0 Å². The number of fused-ring (bicyclic) bond motifs is 2. The summed E-state index contributed by atoms with van der Waals surface area (Å²) < 4.78 is 19.9. The molecule has 1 aliphatic rings. The predicted molar refractivity (Wildman–Crippen MR) is 150 cm³/mol. The number of hydrogen-bond donors (Lipinski definition) is 0. The molecule has 0 N–H and O–H groups in total. The lowest BCUT2D eigenvalue weighted by molar-refractivity contribution is 0.401. The first-order chi connectivity index (χ1) is 18.3. The van der Waals surface area contributed by atoms with Gasteiger partial charge in [0.05, 0.1) is 12.8 Å². The maximum atomic E-state index is 7.18. The number of rotatable bonds is 4. The third-order valence-corrected chi connectivity index (χ3v) is 9.61. The zero-order chi connectivity index (χ0) is 25.1. The Morgan fingerprint density at radius 3 is 1.81 bits per heavy atom. The molecule has 0 amide bonds. The smallest absolute Gasteiger partial charge is 0.505 e. The van der Waals surface area contributed by atoms with Crippen molar-refractivity contribution in [2.45, 2.75) is 0 Å². The molecule has 0 aliphatic carbocycles. The fraction of sp³-hybridized carbons (Fsp3) is 0.0312. The molecule has 0 saturated carbocycles. The number of benzene rings is 5. The first-order valence-corrected chi connectivity index (χ1v) is 14.0. The minimum absolute atomic E-state index is 0.661. The van der Waals surface area contributed by atoms with E-state index in [1.165, 1.54) is 0 Å². The lowest BCUT2D eigenvalue weighted by atomic mass is 10.0. The molecule has 0 bridgehead atoms. The van der Waals surface area contributed by atoms with Crippen molar-refractivity contribution in [3.05, 3.63) is 145 Å². The third-order valence-electron chi connectivity index (χ3n) is 6.40. The molecule has 1 heterocycles. The molecule has 0 fully saturated rings. The van der Waals surface area contributed by atoms with Gasteiger partial charge in [-0.1, -0.05) is 103 Å². The minimum atomic E-state index is -3.35. The molecule has 0 atom stereocenters. The highest BCUT2D eigenvalue weighted by atomic mass is 28.4. The van der Waals surface area contributed by atoms with Crippen LogP contribution in [0, 0.1) is 0 Å². The fourth-order valence-corrected chi connectivity index (χ4v) is 7.66. The van der Waals surface area contributed by atoms with Gasteiger partial charge in [0.1, 0.15) is 22.9 Å². The average molecular weight is 500 g/mol. The Labute approximate surface area is 217 Å². The van der Waals surface area contributed by atoms with Crippen LogP contribution >= 0.6 is 0 Å². The van der Waals surface area contributed by atoms with Crippen molar-refractivity contribution in [3.63, 3.8) is 0 Å². The summed E-state index contributed by atoms with van der Waals surface area (Å²) in [7, 11) is -1.69. The molecule has 5 heteroatoms. The van der Waals surface area contributed by atoms with Crippen LogP contribution in [0.5, 0.6) is 17.2 Å². The topological polar surface area (TPSA) is 40.0 Å². The number of ether oxygens (including phenoxy) is 1. The molecule has 5 aromatic carbocycles. The second kappa shape index (κ2) is 9.80. The first kappa shape index (κ1) is 22.8. The largest absolute Gasteiger partial charge is 0.531 e. The van der Waals surface area contributed by atoms with Crippen LogP contribution in [0.1, 0.15) is 11.1 Å². The van der Waals surface area contributed by atoms with Gasteiger partial charge in [0.15, 0.2) is 0 Å². The molecule has 6 rings (SSSR count). The third kappa shape index (κ3) is 4.30. The Balaban J connectivity index is 1.70. The number of para-hydroxylation sites is 2. The van der Waals surface area contributed by atoms with Gasteiger partial charge in [0.2, 0.25) is 0 Å². The zero-order valence-corrected chi connectivity index (χ0v) is 21.4. The SMILES string of the molecule is COc1ccc2c(c1)O[Si](c1ccccc1)(c1ccccc1)Oc1ccccc1N=C2c1ccccc1. The van der Waals surface area contributed by atoms with E-state index in [0.29, 0.717) is 17.2 Å². The van der Waals surface area contributed by atoms with E-state index in [0.717, 1.165) is 32.9 Å². The van der Waals surface area contributed by atoms with Crippen molar-refractivity contribution in [2.75, 3.05) is 7.11 Å². The second-order valence-corrected chi connectivity index (χ2v) is 11.5. The van der Waals surface area contributed by atoms with Gasteiger partial charge in [-0.3, -0.25) is 0 Å². The molecule has 4 nitrogen and oxygen atoms in total. The van der Waals surface area contributed by atoms with Crippen LogP contribution in [-0.2, 0) is 0 Å². The molecule has 5 aromatic rings. The molecule has 0 unspecified atom stereocenters. The average Bonchev–Trinajstić information content (AvgIpc) is 3.03. The lowest BCUT2D eigenvalue weighted by Gasteiger charge is -2.32. The van der Waals surface area contributed by atoms with E-state index in [4.69, 9.17) is 18.6 Å². The van der Waals surface area contributed by atoms with Crippen molar-refractivity contribution in [1.29, 1.82) is 0 Å². The Bertz CT molecular complexity index is 1510. The van der Waals surface area contributed by atoms with E-state index in [9.17, 15) is 0 Å². The molecule has 180 valence electrons. The molecule has 0 spiro atoms. The van der Waals surface area contributed by atoms with Crippen molar-refractivity contribution < 1.29 is 13.6 Å². The lowest BCUT2D eigenvalue weighted by Crippen LogP contribution is -2.68. The maximum absolute atomic E-state index is 7.18. The van der Waals surface area contributed by atoms with E-state index in [2.05, 4.69) is 36.4 Å². The van der Waals surface area contributed by atoms with Gasteiger partial charge in [0, 0.05) is 27.6 Å². The predicted octanol–water partition coefficient (Wildman–Crippen LogP) is 5.89. The van der Waals surface area contributed by atoms with Crippen LogP contribution in [0.2, 0.25) is 0 Å². The summed E-state index contributed by atoms with van der Waals surface area (Å²) in [4.78, 5) is 5.17. The maximum Gasteiger partial charge on any atom is 0.531 e. The van der Waals surface area contributed by atoms with Crippen molar-refractivity contribution in [3.8, 4) is 17.2 Å². The minimum Gasteiger partial charge on any atom is -0.505 e. The van der Waals surface area contributed by atoms with Crippen LogP contribution in [0.3, 0.4) is 0 Å². The molecule has 37 heavy (non-hydrogen) atoms. The van der Waals surface area contributed by atoms with Crippen molar-refractivity contribution in [2.24, 2.45) is 4.99 Å². The summed E-state index contributed by atoms with van der Waals surface area (Å²) in [5.74, 6) is 2.04. The summed E-state index contributed by atoms with van der Waals surface area (Å²) in [6, 6.07) is 44.4. The van der Waals surface area contributed by atoms with Gasteiger partial charge < -0.3 is 13.6 Å². The Kier molecular flexibility index (Phi) is 6.04. The Morgan fingerprint density at radius 2 is 1.16 bits per heavy atom. The summed E-state index contributed by atoms with van der Waals surface area (Å²) in [6.07, 6.45) is 0.